The number of hydrogen-bond donors (Lipinski definition) is 1. The van der Waals surface area contributed by atoms with Crippen LogP contribution in [-0.2, 0) is 6.54 Å². The van der Waals surface area contributed by atoms with Gasteiger partial charge in [-0.3, -0.25) is 0 Å². The van der Waals surface area contributed by atoms with E-state index in [1.165, 1.54) is 0 Å². The van der Waals surface area contributed by atoms with E-state index in [9.17, 15) is 0 Å². The van der Waals surface area contributed by atoms with Crippen molar-refractivity contribution in [1.29, 1.82) is 5.26 Å². The first-order chi connectivity index (χ1) is 10.2. The predicted octanol–water partition coefficient (Wildman–Crippen LogP) is 4.72. The summed E-state index contributed by atoms with van der Waals surface area (Å²) in [6.07, 6.45) is 0.972. The lowest BCUT2D eigenvalue weighted by Gasteiger charge is -2.13. The van der Waals surface area contributed by atoms with Crippen molar-refractivity contribution in [2.24, 2.45) is 0 Å². The first kappa shape index (κ1) is 15.4. The Bertz CT molecular complexity index is 649. The Balaban J connectivity index is 2.15. The van der Waals surface area contributed by atoms with Gasteiger partial charge in [0.25, 0.3) is 0 Å². The molecule has 0 saturated heterocycles. The Morgan fingerprint density at radius 1 is 1.24 bits per heavy atom. The fourth-order valence-electron chi connectivity index (χ4n) is 1.96. The SMILES string of the molecule is CCCOc1ccc(Br)cc1CNc1ccccc1C#N. The van der Waals surface area contributed by atoms with E-state index < -0.39 is 0 Å². The molecule has 0 aromatic heterocycles. The molecule has 1 N–H and O–H groups in total. The van der Waals surface area contributed by atoms with E-state index in [-0.39, 0.29) is 0 Å². The van der Waals surface area contributed by atoms with Crippen molar-refractivity contribution < 1.29 is 4.74 Å². The van der Waals surface area contributed by atoms with Gasteiger partial charge in [-0.2, -0.15) is 5.26 Å². The Labute approximate surface area is 133 Å². The van der Waals surface area contributed by atoms with Gasteiger partial charge in [0.1, 0.15) is 11.8 Å². The van der Waals surface area contributed by atoms with Gasteiger partial charge >= 0.3 is 0 Å². The van der Waals surface area contributed by atoms with Crippen LogP contribution in [0.1, 0.15) is 24.5 Å². The third-order valence-corrected chi connectivity index (χ3v) is 3.49. The summed E-state index contributed by atoms with van der Waals surface area (Å²) in [5, 5.41) is 12.4. The van der Waals surface area contributed by atoms with Crippen molar-refractivity contribution in [2.45, 2.75) is 19.9 Å². The predicted molar refractivity (Wildman–Crippen MR) is 88.4 cm³/mol. The first-order valence-corrected chi connectivity index (χ1v) is 7.68. The fourth-order valence-corrected chi connectivity index (χ4v) is 2.37. The fraction of sp³-hybridized carbons (Fsp3) is 0.235. The third-order valence-electron chi connectivity index (χ3n) is 3.00. The Kier molecular flexibility index (Phi) is 5.65. The lowest BCUT2D eigenvalue weighted by Crippen LogP contribution is -2.05. The number of nitrogens with one attached hydrogen (secondary N) is 1. The minimum Gasteiger partial charge on any atom is -0.493 e. The zero-order valence-electron chi connectivity index (χ0n) is 11.9. The minimum absolute atomic E-state index is 0.608. The summed E-state index contributed by atoms with van der Waals surface area (Å²) in [5.41, 5.74) is 2.54. The molecular formula is C17H17BrN2O. The van der Waals surface area contributed by atoms with Crippen molar-refractivity contribution in [3.05, 3.63) is 58.1 Å². The first-order valence-electron chi connectivity index (χ1n) is 6.88. The van der Waals surface area contributed by atoms with Crippen LogP contribution in [-0.4, -0.2) is 6.61 Å². The van der Waals surface area contributed by atoms with Crippen LogP contribution in [0.2, 0.25) is 0 Å². The molecule has 0 atom stereocenters. The van der Waals surface area contributed by atoms with Gasteiger partial charge in [-0.25, -0.2) is 0 Å². The van der Waals surface area contributed by atoms with Gasteiger partial charge in [-0.1, -0.05) is 35.0 Å². The molecule has 0 fully saturated rings. The van der Waals surface area contributed by atoms with Crippen LogP contribution in [0.15, 0.2) is 46.9 Å². The quantitative estimate of drug-likeness (QED) is 0.824. The van der Waals surface area contributed by atoms with Gasteiger partial charge in [0.05, 0.1) is 17.9 Å². The lowest BCUT2D eigenvalue weighted by molar-refractivity contribution is 0.314. The third kappa shape index (κ3) is 4.24. The maximum absolute atomic E-state index is 9.11. The second-order valence-electron chi connectivity index (χ2n) is 4.61. The number of benzene rings is 2. The topological polar surface area (TPSA) is 45.0 Å². The van der Waals surface area contributed by atoms with Crippen LogP contribution in [0.5, 0.6) is 5.75 Å². The van der Waals surface area contributed by atoms with Crippen molar-refractivity contribution in [2.75, 3.05) is 11.9 Å². The van der Waals surface area contributed by atoms with Gasteiger partial charge in [-0.15, -0.1) is 0 Å². The summed E-state index contributed by atoms with van der Waals surface area (Å²) in [5.74, 6) is 0.877. The minimum atomic E-state index is 0.608. The summed E-state index contributed by atoms with van der Waals surface area (Å²) in [6, 6.07) is 15.6. The largest absolute Gasteiger partial charge is 0.493 e. The number of rotatable bonds is 6. The molecule has 0 bridgehead atoms. The molecule has 108 valence electrons. The van der Waals surface area contributed by atoms with E-state index in [0.717, 1.165) is 27.9 Å². The monoisotopic (exact) mass is 344 g/mol. The molecule has 0 heterocycles. The highest BCUT2D eigenvalue weighted by molar-refractivity contribution is 9.10. The summed E-state index contributed by atoms with van der Waals surface area (Å²) in [7, 11) is 0. The summed E-state index contributed by atoms with van der Waals surface area (Å²) < 4.78 is 6.77. The van der Waals surface area contributed by atoms with E-state index in [2.05, 4.69) is 34.2 Å². The molecule has 2 aromatic rings. The van der Waals surface area contributed by atoms with E-state index in [1.54, 1.807) is 6.07 Å². The highest BCUT2D eigenvalue weighted by atomic mass is 79.9. The molecule has 4 heteroatoms. The maximum Gasteiger partial charge on any atom is 0.124 e. The number of halogens is 1. The highest BCUT2D eigenvalue weighted by Crippen LogP contribution is 2.25. The van der Waals surface area contributed by atoms with Crippen LogP contribution in [0, 0.1) is 11.3 Å². The molecule has 0 radical (unpaired) electrons. The second-order valence-corrected chi connectivity index (χ2v) is 5.53. The van der Waals surface area contributed by atoms with Gasteiger partial charge in [0.15, 0.2) is 0 Å². The number of nitrogens with zero attached hydrogens (tertiary/aromatic N) is 1. The summed E-state index contributed by atoms with van der Waals surface area (Å²) in [6.45, 7) is 3.39. The molecule has 21 heavy (non-hydrogen) atoms. The van der Waals surface area contributed by atoms with Gasteiger partial charge in [0.2, 0.25) is 0 Å². The smallest absolute Gasteiger partial charge is 0.124 e. The van der Waals surface area contributed by atoms with Crippen molar-refractivity contribution in [1.82, 2.24) is 0 Å². The molecule has 0 aliphatic rings. The standard InChI is InChI=1S/C17H17BrN2O/c1-2-9-21-17-8-7-15(18)10-14(17)12-20-16-6-4-3-5-13(16)11-19/h3-8,10,20H,2,9,12H2,1H3. The normalized spacial score (nSPS) is 9.95. The Hall–Kier alpha value is -1.99. The van der Waals surface area contributed by atoms with Crippen molar-refractivity contribution >= 4 is 21.6 Å². The molecule has 0 amide bonds. The summed E-state index contributed by atoms with van der Waals surface area (Å²) in [4.78, 5) is 0. The van der Waals surface area contributed by atoms with Crippen LogP contribution in [0.4, 0.5) is 5.69 Å². The van der Waals surface area contributed by atoms with E-state index in [0.29, 0.717) is 18.7 Å². The van der Waals surface area contributed by atoms with Crippen LogP contribution < -0.4 is 10.1 Å². The van der Waals surface area contributed by atoms with Gasteiger partial charge < -0.3 is 10.1 Å². The molecule has 0 aliphatic carbocycles. The second kappa shape index (κ2) is 7.70. The van der Waals surface area contributed by atoms with Crippen LogP contribution in [0.3, 0.4) is 0 Å². The van der Waals surface area contributed by atoms with E-state index in [4.69, 9.17) is 10.00 Å². The Morgan fingerprint density at radius 2 is 2.05 bits per heavy atom. The molecule has 0 aliphatic heterocycles. The summed E-state index contributed by atoms with van der Waals surface area (Å²) >= 11 is 3.48. The molecule has 2 rings (SSSR count). The van der Waals surface area contributed by atoms with Crippen LogP contribution in [0.25, 0.3) is 0 Å². The van der Waals surface area contributed by atoms with Crippen LogP contribution >= 0.6 is 15.9 Å². The van der Waals surface area contributed by atoms with Crippen molar-refractivity contribution in [3.8, 4) is 11.8 Å². The zero-order chi connectivity index (χ0) is 15.1. The molecule has 0 unspecified atom stereocenters. The Morgan fingerprint density at radius 3 is 2.81 bits per heavy atom. The molecule has 0 spiro atoms. The zero-order valence-corrected chi connectivity index (χ0v) is 13.5. The average Bonchev–Trinajstić information content (AvgIpc) is 2.52. The van der Waals surface area contributed by atoms with E-state index in [1.807, 2.05) is 36.4 Å². The maximum atomic E-state index is 9.11. The van der Waals surface area contributed by atoms with Gasteiger partial charge in [0, 0.05) is 16.6 Å². The number of anilines is 1. The molecule has 3 nitrogen and oxygen atoms in total. The number of hydrogen-bond acceptors (Lipinski definition) is 3. The number of ether oxygens (including phenoxy) is 1. The van der Waals surface area contributed by atoms with Gasteiger partial charge in [-0.05, 0) is 36.8 Å². The number of para-hydroxylation sites is 1. The van der Waals surface area contributed by atoms with Crippen molar-refractivity contribution in [3.63, 3.8) is 0 Å². The molecule has 0 saturated carbocycles. The molecule has 2 aromatic carbocycles. The lowest BCUT2D eigenvalue weighted by atomic mass is 10.1. The molecular weight excluding hydrogens is 328 g/mol. The average molecular weight is 345 g/mol. The highest BCUT2D eigenvalue weighted by Gasteiger charge is 2.06. The number of nitriles is 1. The van der Waals surface area contributed by atoms with E-state index >= 15 is 0 Å².